The van der Waals surface area contributed by atoms with Gasteiger partial charge in [0.15, 0.2) is 0 Å². The Labute approximate surface area is 68.6 Å². The summed E-state index contributed by atoms with van der Waals surface area (Å²) in [5, 5.41) is 8.06. The summed E-state index contributed by atoms with van der Waals surface area (Å²) in [7, 11) is 3.23. The summed E-state index contributed by atoms with van der Waals surface area (Å²) in [4.78, 5) is 11.8. The Morgan fingerprint density at radius 1 is 1.56 bits per heavy atom. The summed E-state index contributed by atoms with van der Waals surface area (Å²) in [6.45, 7) is 0. The van der Waals surface area contributed by atoms with Gasteiger partial charge in [-0.15, -0.1) is 0 Å². The van der Waals surface area contributed by atoms with E-state index in [2.05, 4.69) is 0 Å². The van der Waals surface area contributed by atoms with Gasteiger partial charge < -0.3 is 10.0 Å². The summed E-state index contributed by atoms with van der Waals surface area (Å²) in [5.74, 6) is -0.215. The Morgan fingerprint density at radius 3 is 2.11 bits per heavy atom. The van der Waals surface area contributed by atoms with Crippen LogP contribution in [0.3, 0.4) is 0 Å². The monoisotopic (exact) mass is 299 g/mol. The predicted octanol–water partition coefficient (Wildman–Crippen LogP) is 0.144. The molecule has 0 saturated heterocycles. The van der Waals surface area contributed by atoms with Crippen molar-refractivity contribution in [1.29, 1.82) is 0 Å². The molecule has 9 heavy (non-hydrogen) atoms. The molecule has 0 saturated carbocycles. The van der Waals surface area contributed by atoms with Gasteiger partial charge in [-0.2, -0.15) is 0 Å². The van der Waals surface area contributed by atoms with Crippen LogP contribution in [0.15, 0.2) is 12.3 Å². The van der Waals surface area contributed by atoms with Crippen LogP contribution in [0.4, 0.5) is 0 Å². The second-order valence-electron chi connectivity index (χ2n) is 1.55. The molecule has 0 aromatic heterocycles. The molecular weight excluding hydrogens is 290 g/mol. The summed E-state index contributed by atoms with van der Waals surface area (Å²) in [6.07, 6.45) is 1.81. The third kappa shape index (κ3) is 5.57. The molecule has 0 heterocycles. The van der Waals surface area contributed by atoms with E-state index in [1.54, 1.807) is 14.1 Å². The van der Waals surface area contributed by atoms with Crippen LogP contribution in [-0.4, -0.2) is 30.0 Å². The molecule has 0 radical (unpaired) electrons. The third-order valence-corrected chi connectivity index (χ3v) is 0.658. The number of nitrogens with zero attached hydrogens (tertiary/aromatic N) is 1. The molecule has 0 aliphatic rings. The Kier molecular flexibility index (Phi) is 7.44. The number of hydrogen-bond acceptors (Lipinski definition) is 2. The molecule has 0 atom stereocenters. The van der Waals surface area contributed by atoms with Crippen molar-refractivity contribution in [2.75, 3.05) is 14.1 Å². The number of hydrogen-bond donors (Lipinski definition) is 1. The second-order valence-corrected chi connectivity index (χ2v) is 1.55. The third-order valence-electron chi connectivity index (χ3n) is 0.658. The van der Waals surface area contributed by atoms with Gasteiger partial charge in [-0.1, -0.05) is 0 Å². The minimum atomic E-state index is -0.215. The fourth-order valence-corrected chi connectivity index (χ4v) is 0.213. The topological polar surface area (TPSA) is 40.5 Å². The van der Waals surface area contributed by atoms with Crippen molar-refractivity contribution in [3.8, 4) is 0 Å². The number of amides is 1. The van der Waals surface area contributed by atoms with Gasteiger partial charge in [0.2, 0.25) is 5.91 Å². The summed E-state index contributed by atoms with van der Waals surface area (Å²) >= 11 is 0. The summed E-state index contributed by atoms with van der Waals surface area (Å²) in [6, 6.07) is 0. The maximum Gasteiger partial charge on any atom is 0.249 e. The molecule has 0 bridgehead atoms. The van der Waals surface area contributed by atoms with E-state index in [9.17, 15) is 4.79 Å². The Morgan fingerprint density at radius 2 is 2.00 bits per heavy atom. The van der Waals surface area contributed by atoms with Gasteiger partial charge >= 0.3 is 0 Å². The van der Waals surface area contributed by atoms with E-state index >= 15 is 0 Å². The number of carbonyl (C=O) groups excluding carboxylic acids is 1. The van der Waals surface area contributed by atoms with E-state index < -0.39 is 0 Å². The van der Waals surface area contributed by atoms with Crippen LogP contribution in [0.25, 0.3) is 0 Å². The minimum Gasteiger partial charge on any atom is -0.515 e. The first-order chi connectivity index (χ1) is 3.68. The number of rotatable bonds is 1. The molecule has 3 nitrogen and oxygen atoms in total. The molecule has 1 amide bonds. The Hall–Kier alpha value is -0.302. The van der Waals surface area contributed by atoms with Gasteiger partial charge in [0.25, 0.3) is 0 Å². The average molecular weight is 299 g/mol. The molecule has 52 valence electrons. The second kappa shape index (κ2) is 5.83. The first kappa shape index (κ1) is 11.5. The van der Waals surface area contributed by atoms with Gasteiger partial charge in [-0.25, -0.2) is 0 Å². The molecule has 0 spiro atoms. The van der Waals surface area contributed by atoms with Crippen LogP contribution in [0.5, 0.6) is 0 Å². The zero-order valence-corrected chi connectivity index (χ0v) is 8.30. The van der Waals surface area contributed by atoms with E-state index in [1.807, 2.05) is 0 Å². The van der Waals surface area contributed by atoms with Crippen molar-refractivity contribution in [2.24, 2.45) is 0 Å². The van der Waals surface area contributed by atoms with Crippen molar-refractivity contribution < 1.29 is 31.0 Å². The van der Waals surface area contributed by atoms with Crippen LogP contribution in [-0.2, 0) is 25.9 Å². The first-order valence-electron chi connectivity index (χ1n) is 2.20. The normalized spacial score (nSPS) is 8.67. The average Bonchev–Trinajstić information content (AvgIpc) is 1.67. The zero-order valence-electron chi connectivity index (χ0n) is 5.37. The van der Waals surface area contributed by atoms with Crippen LogP contribution < -0.4 is 0 Å². The molecule has 0 aromatic rings. The smallest absolute Gasteiger partial charge is 0.249 e. The standard InChI is InChI=1S/C5H9NO2.W/c1-6(2)5(8)3-4-7;/h3-4,7H,1-2H3;/b4-3-;. The fraction of sp³-hybridized carbons (Fsp3) is 0.400. The van der Waals surface area contributed by atoms with E-state index in [0.29, 0.717) is 0 Å². The zero-order chi connectivity index (χ0) is 6.57. The molecule has 1 N–H and O–H groups in total. The molecule has 0 aliphatic carbocycles. The Balaban J connectivity index is 0. The SMILES string of the molecule is CN(C)C(=O)/C=C\O.[W]. The molecule has 0 fully saturated rings. The fourth-order valence-electron chi connectivity index (χ4n) is 0.213. The molecule has 0 aliphatic heterocycles. The van der Waals surface area contributed by atoms with E-state index in [-0.39, 0.29) is 27.0 Å². The maximum atomic E-state index is 10.4. The minimum absolute atomic E-state index is 0. The number of aliphatic hydroxyl groups is 1. The van der Waals surface area contributed by atoms with Crippen molar-refractivity contribution >= 4 is 5.91 Å². The van der Waals surface area contributed by atoms with Gasteiger partial charge in [-0.05, 0) is 0 Å². The van der Waals surface area contributed by atoms with Gasteiger partial charge in [0.05, 0.1) is 6.26 Å². The summed E-state index contributed by atoms with van der Waals surface area (Å²) in [5.41, 5.74) is 0. The number of likely N-dealkylation sites (N-methyl/N-ethyl adjacent to an activating group) is 1. The van der Waals surface area contributed by atoms with Gasteiger partial charge in [0.1, 0.15) is 0 Å². The first-order valence-corrected chi connectivity index (χ1v) is 2.20. The van der Waals surface area contributed by atoms with E-state index in [0.717, 1.165) is 12.3 Å². The number of carbonyl (C=O) groups is 1. The molecule has 4 heteroatoms. The van der Waals surface area contributed by atoms with E-state index in [4.69, 9.17) is 5.11 Å². The molecule has 0 unspecified atom stereocenters. The van der Waals surface area contributed by atoms with Crippen LogP contribution in [0, 0.1) is 0 Å². The van der Waals surface area contributed by atoms with Gasteiger partial charge in [-0.3, -0.25) is 4.79 Å². The van der Waals surface area contributed by atoms with Crippen molar-refractivity contribution in [2.45, 2.75) is 0 Å². The van der Waals surface area contributed by atoms with E-state index in [1.165, 1.54) is 4.90 Å². The largest absolute Gasteiger partial charge is 0.515 e. The number of aliphatic hydroxyl groups excluding tert-OH is 1. The predicted molar refractivity (Wildman–Crippen MR) is 30.5 cm³/mol. The molecular formula is C5H9NO2W. The maximum absolute atomic E-state index is 10.4. The molecule has 0 rings (SSSR count). The van der Waals surface area contributed by atoms with Gasteiger partial charge in [0, 0.05) is 41.2 Å². The van der Waals surface area contributed by atoms with Crippen molar-refractivity contribution in [1.82, 2.24) is 4.90 Å². The van der Waals surface area contributed by atoms with Crippen LogP contribution >= 0.6 is 0 Å². The van der Waals surface area contributed by atoms with Crippen molar-refractivity contribution in [3.05, 3.63) is 12.3 Å². The van der Waals surface area contributed by atoms with Crippen LogP contribution in [0.2, 0.25) is 0 Å². The quantitative estimate of drug-likeness (QED) is 0.553. The van der Waals surface area contributed by atoms with Crippen LogP contribution in [0.1, 0.15) is 0 Å². The summed E-state index contributed by atoms with van der Waals surface area (Å²) < 4.78 is 0. The van der Waals surface area contributed by atoms with Crippen molar-refractivity contribution in [3.63, 3.8) is 0 Å². The molecule has 0 aromatic carbocycles. The Bertz CT molecular complexity index is 112.